The van der Waals surface area contributed by atoms with E-state index in [9.17, 15) is 10.1 Å². The summed E-state index contributed by atoms with van der Waals surface area (Å²) in [5.74, 6) is -0.370. The molecule has 2 N–H and O–H groups in total. The van der Waals surface area contributed by atoms with Gasteiger partial charge in [0.15, 0.2) is 0 Å². The molecular weight excluding hydrogens is 322 g/mol. The van der Waals surface area contributed by atoms with Gasteiger partial charge in [-0.05, 0) is 38.5 Å². The molecule has 4 nitrogen and oxygen atoms in total. The number of rotatable bonds is 4. The molecule has 0 radical (unpaired) electrons. The van der Waals surface area contributed by atoms with Crippen molar-refractivity contribution < 1.29 is 4.79 Å². The fourth-order valence-corrected chi connectivity index (χ4v) is 2.99. The third kappa shape index (κ3) is 3.52. The number of aromatic amines is 1. The minimum atomic E-state index is -0.370. The van der Waals surface area contributed by atoms with Crippen LogP contribution in [0.5, 0.6) is 0 Å². The van der Waals surface area contributed by atoms with Gasteiger partial charge in [-0.15, -0.1) is 0 Å². The maximum absolute atomic E-state index is 12.6. The van der Waals surface area contributed by atoms with Crippen molar-refractivity contribution in [1.82, 2.24) is 10.3 Å². The van der Waals surface area contributed by atoms with Gasteiger partial charge in [-0.2, -0.15) is 5.26 Å². The lowest BCUT2D eigenvalue weighted by molar-refractivity contribution is -0.117. The van der Waals surface area contributed by atoms with Gasteiger partial charge >= 0.3 is 0 Å². The number of nitrogens with one attached hydrogen (secondary N) is 2. The van der Waals surface area contributed by atoms with E-state index in [1.165, 1.54) is 5.56 Å². The second-order valence-corrected chi connectivity index (χ2v) is 6.48. The summed E-state index contributed by atoms with van der Waals surface area (Å²) in [6, 6.07) is 17.7. The first kappa shape index (κ1) is 17.5. The second kappa shape index (κ2) is 7.28. The average molecular weight is 343 g/mol. The molecule has 2 aromatic carbocycles. The van der Waals surface area contributed by atoms with E-state index >= 15 is 0 Å². The molecule has 3 aromatic rings. The summed E-state index contributed by atoms with van der Waals surface area (Å²) in [4.78, 5) is 15.9. The van der Waals surface area contributed by atoms with E-state index in [0.29, 0.717) is 0 Å². The van der Waals surface area contributed by atoms with E-state index in [1.54, 1.807) is 6.08 Å². The van der Waals surface area contributed by atoms with Crippen LogP contribution in [0.1, 0.15) is 35.3 Å². The normalized spacial score (nSPS) is 12.6. The van der Waals surface area contributed by atoms with Gasteiger partial charge in [0, 0.05) is 22.2 Å². The predicted molar refractivity (Wildman–Crippen MR) is 104 cm³/mol. The first-order valence-electron chi connectivity index (χ1n) is 8.56. The number of benzene rings is 2. The van der Waals surface area contributed by atoms with Crippen LogP contribution in [0.2, 0.25) is 0 Å². The zero-order valence-electron chi connectivity index (χ0n) is 15.1. The number of carbonyl (C=O) groups excluding carboxylic acids is 1. The fourth-order valence-electron chi connectivity index (χ4n) is 2.99. The first-order chi connectivity index (χ1) is 12.5. The predicted octanol–water partition coefficient (Wildman–Crippen LogP) is 4.57. The standard InChI is InChI=1S/C22H21N3O/c1-14-8-10-17(11-9-14)15(2)25-22(26)18(13-23)12-20-16(3)24-21-7-5-4-6-19(20)21/h4-12,15,24H,1-3H3,(H,25,26)/b18-12+/t15-/m0/s1. The Morgan fingerprint density at radius 2 is 1.85 bits per heavy atom. The van der Waals surface area contributed by atoms with E-state index in [4.69, 9.17) is 0 Å². The Kier molecular flexibility index (Phi) is 4.90. The van der Waals surface area contributed by atoms with Gasteiger partial charge in [0.1, 0.15) is 11.6 Å². The molecule has 26 heavy (non-hydrogen) atoms. The van der Waals surface area contributed by atoms with Gasteiger partial charge in [0.25, 0.3) is 5.91 Å². The topological polar surface area (TPSA) is 68.7 Å². The molecule has 0 bridgehead atoms. The molecule has 130 valence electrons. The molecule has 0 aliphatic rings. The van der Waals surface area contributed by atoms with Crippen LogP contribution in [0.25, 0.3) is 17.0 Å². The Morgan fingerprint density at radius 1 is 1.15 bits per heavy atom. The summed E-state index contributed by atoms with van der Waals surface area (Å²) in [6.45, 7) is 5.87. The third-order valence-corrected chi connectivity index (χ3v) is 4.52. The van der Waals surface area contributed by atoms with E-state index < -0.39 is 0 Å². The van der Waals surface area contributed by atoms with Crippen molar-refractivity contribution in [3.63, 3.8) is 0 Å². The molecule has 1 atom stereocenters. The van der Waals surface area contributed by atoms with E-state index in [-0.39, 0.29) is 17.5 Å². The van der Waals surface area contributed by atoms with Crippen LogP contribution in [0.15, 0.2) is 54.1 Å². The molecule has 4 heteroatoms. The summed E-state index contributed by atoms with van der Waals surface area (Å²) in [5, 5.41) is 13.4. The number of aromatic nitrogens is 1. The van der Waals surface area contributed by atoms with Crippen molar-refractivity contribution in [2.45, 2.75) is 26.8 Å². The Hall–Kier alpha value is -3.32. The number of nitriles is 1. The molecule has 1 aromatic heterocycles. The summed E-state index contributed by atoms with van der Waals surface area (Å²) in [7, 11) is 0. The Morgan fingerprint density at radius 3 is 2.54 bits per heavy atom. The Bertz CT molecular complexity index is 1020. The second-order valence-electron chi connectivity index (χ2n) is 6.48. The molecule has 0 aliphatic heterocycles. The summed E-state index contributed by atoms with van der Waals surface area (Å²) >= 11 is 0. The third-order valence-electron chi connectivity index (χ3n) is 4.52. The summed E-state index contributed by atoms with van der Waals surface area (Å²) in [5.41, 5.74) is 5.05. The van der Waals surface area contributed by atoms with Crippen molar-refractivity contribution in [3.8, 4) is 6.07 Å². The molecule has 0 fully saturated rings. The smallest absolute Gasteiger partial charge is 0.262 e. The maximum Gasteiger partial charge on any atom is 0.262 e. The van der Waals surface area contributed by atoms with Gasteiger partial charge < -0.3 is 10.3 Å². The van der Waals surface area contributed by atoms with E-state index in [2.05, 4.69) is 10.3 Å². The van der Waals surface area contributed by atoms with Gasteiger partial charge in [-0.25, -0.2) is 0 Å². The van der Waals surface area contributed by atoms with Crippen molar-refractivity contribution in [2.75, 3.05) is 0 Å². The SMILES string of the molecule is Cc1ccc([C@H](C)NC(=O)/C(C#N)=C/c2c(C)[nH]c3ccccc23)cc1. The number of fused-ring (bicyclic) bond motifs is 1. The number of hydrogen-bond acceptors (Lipinski definition) is 2. The number of aryl methyl sites for hydroxylation is 2. The van der Waals surface area contributed by atoms with Gasteiger partial charge in [0.2, 0.25) is 0 Å². The van der Waals surface area contributed by atoms with Gasteiger partial charge in [-0.3, -0.25) is 4.79 Å². The lowest BCUT2D eigenvalue weighted by atomic mass is 10.0. The highest BCUT2D eigenvalue weighted by atomic mass is 16.1. The highest BCUT2D eigenvalue weighted by Gasteiger charge is 2.15. The highest BCUT2D eigenvalue weighted by Crippen LogP contribution is 2.24. The maximum atomic E-state index is 12.6. The van der Waals surface area contributed by atoms with Crippen LogP contribution in [-0.2, 0) is 4.79 Å². The molecule has 0 aliphatic carbocycles. The van der Waals surface area contributed by atoms with Crippen LogP contribution in [-0.4, -0.2) is 10.9 Å². The minimum absolute atomic E-state index is 0.0943. The van der Waals surface area contributed by atoms with Gasteiger partial charge in [-0.1, -0.05) is 48.0 Å². The number of nitrogens with zero attached hydrogens (tertiary/aromatic N) is 1. The van der Waals surface area contributed by atoms with Crippen molar-refractivity contribution in [2.24, 2.45) is 0 Å². The van der Waals surface area contributed by atoms with Crippen molar-refractivity contribution in [3.05, 3.63) is 76.5 Å². The summed E-state index contributed by atoms with van der Waals surface area (Å²) in [6.07, 6.45) is 1.66. The van der Waals surface area contributed by atoms with Crippen LogP contribution < -0.4 is 5.32 Å². The number of H-pyrrole nitrogens is 1. The number of hydrogen-bond donors (Lipinski definition) is 2. The highest BCUT2D eigenvalue weighted by molar-refractivity contribution is 6.04. The zero-order chi connectivity index (χ0) is 18.7. The average Bonchev–Trinajstić information content (AvgIpc) is 2.95. The molecule has 0 unspecified atom stereocenters. The molecule has 1 amide bonds. The molecule has 1 heterocycles. The molecule has 0 saturated heterocycles. The van der Waals surface area contributed by atoms with Gasteiger partial charge in [0.05, 0.1) is 6.04 Å². The number of amides is 1. The fraction of sp³-hybridized carbons (Fsp3) is 0.182. The van der Waals surface area contributed by atoms with Crippen LogP contribution >= 0.6 is 0 Å². The molecular formula is C22H21N3O. The first-order valence-corrected chi connectivity index (χ1v) is 8.56. The number of carbonyl (C=O) groups is 1. The van der Waals surface area contributed by atoms with Crippen LogP contribution in [0.3, 0.4) is 0 Å². The van der Waals surface area contributed by atoms with Crippen molar-refractivity contribution >= 4 is 22.9 Å². The van der Waals surface area contributed by atoms with E-state index in [0.717, 1.165) is 27.7 Å². The summed E-state index contributed by atoms with van der Waals surface area (Å²) < 4.78 is 0. The minimum Gasteiger partial charge on any atom is -0.358 e. The lowest BCUT2D eigenvalue weighted by Gasteiger charge is -2.14. The van der Waals surface area contributed by atoms with Crippen LogP contribution in [0, 0.1) is 25.2 Å². The van der Waals surface area contributed by atoms with Crippen molar-refractivity contribution in [1.29, 1.82) is 5.26 Å². The Balaban J connectivity index is 1.87. The molecule has 3 rings (SSSR count). The zero-order valence-corrected chi connectivity index (χ0v) is 15.1. The quantitative estimate of drug-likeness (QED) is 0.538. The molecule has 0 saturated carbocycles. The molecule has 0 spiro atoms. The number of para-hydroxylation sites is 1. The monoisotopic (exact) mass is 343 g/mol. The largest absolute Gasteiger partial charge is 0.358 e. The Labute approximate surface area is 153 Å². The van der Waals surface area contributed by atoms with Crippen LogP contribution in [0.4, 0.5) is 0 Å². The van der Waals surface area contributed by atoms with E-state index in [1.807, 2.05) is 75.4 Å². The lowest BCUT2D eigenvalue weighted by Crippen LogP contribution is -2.27.